The van der Waals surface area contributed by atoms with E-state index in [1.807, 2.05) is 0 Å². The molecule has 1 saturated heterocycles. The first-order valence-corrected chi connectivity index (χ1v) is 9.06. The maximum atomic E-state index is 12.5. The molecule has 1 heterocycles. The van der Waals surface area contributed by atoms with Crippen molar-refractivity contribution < 1.29 is 8.42 Å². The van der Waals surface area contributed by atoms with Crippen LogP contribution in [-0.4, -0.2) is 39.0 Å². The lowest BCUT2D eigenvalue weighted by molar-refractivity contribution is 0.211. The number of anilines is 1. The predicted octanol–water partition coefficient (Wildman–Crippen LogP) is 2.34. The lowest BCUT2D eigenvalue weighted by atomic mass is 10.1. The Kier molecular flexibility index (Phi) is 5.38. The fourth-order valence-corrected chi connectivity index (χ4v) is 5.05. The van der Waals surface area contributed by atoms with Crippen LogP contribution in [0.5, 0.6) is 0 Å². The van der Waals surface area contributed by atoms with E-state index in [0.29, 0.717) is 12.2 Å². The molecule has 0 aromatic heterocycles. The number of hydrogen-bond acceptors (Lipinski definition) is 4. The van der Waals surface area contributed by atoms with E-state index in [0.717, 1.165) is 25.9 Å². The average Bonchev–Trinajstić information content (AvgIpc) is 2.36. The molecule has 8 heteroatoms. The summed E-state index contributed by atoms with van der Waals surface area (Å²) in [7, 11) is -3.77. The minimum absolute atomic E-state index is 0.0376. The molecule has 1 aromatic rings. The van der Waals surface area contributed by atoms with Crippen LogP contribution in [0.1, 0.15) is 19.8 Å². The maximum absolute atomic E-state index is 12.5. The smallest absolute Gasteiger partial charge is 0.243 e. The summed E-state index contributed by atoms with van der Waals surface area (Å²) in [6.07, 6.45) is 1.77. The highest BCUT2D eigenvalue weighted by atomic mass is 35.5. The molecular formula is C13H19Cl2N3O2S. The molecule has 1 fully saturated rings. The van der Waals surface area contributed by atoms with Gasteiger partial charge in [0, 0.05) is 18.3 Å². The van der Waals surface area contributed by atoms with E-state index in [1.165, 1.54) is 12.1 Å². The Bertz CT molecular complexity index is 599. The van der Waals surface area contributed by atoms with Gasteiger partial charge in [-0.25, -0.2) is 13.1 Å². The van der Waals surface area contributed by atoms with Crippen molar-refractivity contribution in [3.05, 3.63) is 22.2 Å². The molecular weight excluding hydrogens is 333 g/mol. The first-order valence-electron chi connectivity index (χ1n) is 6.82. The van der Waals surface area contributed by atoms with Crippen LogP contribution in [0.3, 0.4) is 0 Å². The molecule has 0 spiro atoms. The molecule has 1 aliphatic heterocycles. The second-order valence-electron chi connectivity index (χ2n) is 5.17. The topological polar surface area (TPSA) is 75.4 Å². The molecule has 1 atom stereocenters. The van der Waals surface area contributed by atoms with E-state index in [9.17, 15) is 8.42 Å². The van der Waals surface area contributed by atoms with Crippen LogP contribution >= 0.6 is 23.2 Å². The number of nitrogens with two attached hydrogens (primary N) is 1. The van der Waals surface area contributed by atoms with Gasteiger partial charge in [-0.15, -0.1) is 0 Å². The first kappa shape index (κ1) is 16.8. The van der Waals surface area contributed by atoms with Gasteiger partial charge in [-0.2, -0.15) is 0 Å². The monoisotopic (exact) mass is 351 g/mol. The normalized spacial score (nSPS) is 20.6. The highest BCUT2D eigenvalue weighted by Crippen LogP contribution is 2.32. The van der Waals surface area contributed by atoms with Crippen molar-refractivity contribution in [3.8, 4) is 0 Å². The second kappa shape index (κ2) is 6.71. The number of nitrogen functional groups attached to an aromatic ring is 1. The molecule has 5 nitrogen and oxygen atoms in total. The van der Waals surface area contributed by atoms with Gasteiger partial charge in [0.1, 0.15) is 4.90 Å². The van der Waals surface area contributed by atoms with Crippen LogP contribution in [0.4, 0.5) is 5.69 Å². The molecule has 0 amide bonds. The third kappa shape index (κ3) is 4.02. The zero-order chi connectivity index (χ0) is 15.6. The van der Waals surface area contributed by atoms with Crippen molar-refractivity contribution in [1.82, 2.24) is 9.62 Å². The van der Waals surface area contributed by atoms with Crippen molar-refractivity contribution >= 4 is 38.9 Å². The predicted molar refractivity (Wildman–Crippen MR) is 86.3 cm³/mol. The number of rotatable bonds is 4. The highest BCUT2D eigenvalue weighted by Gasteiger charge is 2.28. The van der Waals surface area contributed by atoms with E-state index < -0.39 is 10.0 Å². The van der Waals surface area contributed by atoms with E-state index in [1.54, 1.807) is 0 Å². The second-order valence-corrected chi connectivity index (χ2v) is 7.63. The lowest BCUT2D eigenvalue weighted by Crippen LogP contribution is -2.47. The number of sulfonamides is 1. The average molecular weight is 352 g/mol. The van der Waals surface area contributed by atoms with Gasteiger partial charge in [-0.05, 0) is 38.1 Å². The van der Waals surface area contributed by atoms with Gasteiger partial charge in [0.2, 0.25) is 10.0 Å². The van der Waals surface area contributed by atoms with Gasteiger partial charge in [-0.1, -0.05) is 30.1 Å². The molecule has 3 N–H and O–H groups in total. The van der Waals surface area contributed by atoms with Crippen LogP contribution in [0.2, 0.25) is 10.0 Å². The zero-order valence-corrected chi connectivity index (χ0v) is 14.1. The minimum Gasteiger partial charge on any atom is -0.399 e. The molecule has 1 aromatic carbocycles. The van der Waals surface area contributed by atoms with Crippen molar-refractivity contribution in [3.63, 3.8) is 0 Å². The number of benzene rings is 1. The van der Waals surface area contributed by atoms with Crippen molar-refractivity contribution in [2.75, 3.05) is 25.4 Å². The van der Waals surface area contributed by atoms with E-state index in [4.69, 9.17) is 28.9 Å². The molecule has 2 rings (SSSR count). The number of hydrogen-bond donors (Lipinski definition) is 2. The quantitative estimate of drug-likeness (QED) is 0.816. The summed E-state index contributed by atoms with van der Waals surface area (Å²) in [5, 5.41) is 0.0753. The highest BCUT2D eigenvalue weighted by molar-refractivity contribution is 7.89. The minimum atomic E-state index is -3.77. The Hall–Kier alpha value is -0.530. The summed E-state index contributed by atoms with van der Waals surface area (Å²) in [5.41, 5.74) is 5.93. The Morgan fingerprint density at radius 3 is 2.57 bits per heavy atom. The Labute approximate surface area is 135 Å². The van der Waals surface area contributed by atoms with Crippen LogP contribution in [0, 0.1) is 0 Å². The first-order chi connectivity index (χ1) is 9.83. The molecule has 21 heavy (non-hydrogen) atoms. The Morgan fingerprint density at radius 2 is 2.00 bits per heavy atom. The molecule has 1 unspecified atom stereocenters. The Balaban J connectivity index is 2.23. The SMILES string of the molecule is CCN1CCCC(NS(=O)(=O)c2c(Cl)cc(N)cc2Cl)C1. The molecule has 1 aliphatic rings. The summed E-state index contributed by atoms with van der Waals surface area (Å²) in [5.74, 6) is 0. The number of likely N-dealkylation sites (tertiary alicyclic amines) is 1. The lowest BCUT2D eigenvalue weighted by Gasteiger charge is -2.32. The van der Waals surface area contributed by atoms with Gasteiger partial charge in [0.25, 0.3) is 0 Å². The molecule has 0 saturated carbocycles. The fraction of sp³-hybridized carbons (Fsp3) is 0.538. The number of nitrogens with zero attached hydrogens (tertiary/aromatic N) is 1. The number of halogens is 2. The largest absolute Gasteiger partial charge is 0.399 e. The summed E-state index contributed by atoms with van der Waals surface area (Å²) < 4.78 is 27.7. The van der Waals surface area contributed by atoms with Gasteiger partial charge in [-0.3, -0.25) is 0 Å². The number of piperidine rings is 1. The van der Waals surface area contributed by atoms with E-state index in [2.05, 4.69) is 16.5 Å². The zero-order valence-electron chi connectivity index (χ0n) is 11.8. The van der Waals surface area contributed by atoms with Crippen molar-refractivity contribution in [1.29, 1.82) is 0 Å². The van der Waals surface area contributed by atoms with Crippen molar-refractivity contribution in [2.24, 2.45) is 0 Å². The van der Waals surface area contributed by atoms with E-state index in [-0.39, 0.29) is 21.0 Å². The third-order valence-electron chi connectivity index (χ3n) is 3.56. The van der Waals surface area contributed by atoms with Crippen LogP contribution in [0.25, 0.3) is 0 Å². The van der Waals surface area contributed by atoms with Gasteiger partial charge >= 0.3 is 0 Å². The summed E-state index contributed by atoms with van der Waals surface area (Å²) in [6.45, 7) is 4.66. The van der Waals surface area contributed by atoms with Gasteiger partial charge in [0.05, 0.1) is 10.0 Å². The van der Waals surface area contributed by atoms with Gasteiger partial charge in [0.15, 0.2) is 0 Å². The van der Waals surface area contributed by atoms with E-state index >= 15 is 0 Å². The fourth-order valence-electron chi connectivity index (χ4n) is 2.55. The standard InChI is InChI=1S/C13H19Cl2N3O2S/c1-2-18-5-3-4-10(8-18)17-21(19,20)13-11(14)6-9(16)7-12(13)15/h6-7,10,17H,2-5,8,16H2,1H3. The maximum Gasteiger partial charge on any atom is 0.243 e. The summed E-state index contributed by atoms with van der Waals surface area (Å²) in [6, 6.07) is 2.65. The summed E-state index contributed by atoms with van der Waals surface area (Å²) in [4.78, 5) is 2.11. The van der Waals surface area contributed by atoms with Crippen molar-refractivity contribution in [2.45, 2.75) is 30.7 Å². The van der Waals surface area contributed by atoms with Crippen LogP contribution in [-0.2, 0) is 10.0 Å². The molecule has 0 radical (unpaired) electrons. The summed E-state index contributed by atoms with van der Waals surface area (Å²) >= 11 is 12.0. The van der Waals surface area contributed by atoms with Crippen LogP contribution < -0.4 is 10.5 Å². The molecule has 0 bridgehead atoms. The number of nitrogens with one attached hydrogen (secondary N) is 1. The van der Waals surface area contributed by atoms with Crippen LogP contribution in [0.15, 0.2) is 17.0 Å². The molecule has 118 valence electrons. The number of likely N-dealkylation sites (N-methyl/N-ethyl adjacent to an activating group) is 1. The van der Waals surface area contributed by atoms with Gasteiger partial charge < -0.3 is 10.6 Å². The third-order valence-corrected chi connectivity index (χ3v) is 6.01. The molecule has 0 aliphatic carbocycles. The Morgan fingerprint density at radius 1 is 1.38 bits per heavy atom.